The molecule has 1 aromatic carbocycles. The molecule has 6 nitrogen and oxygen atoms in total. The number of pyridine rings is 1. The second kappa shape index (κ2) is 7.31. The molecule has 1 amide bonds. The number of hydrogen-bond donors (Lipinski definition) is 3. The van der Waals surface area contributed by atoms with Crippen molar-refractivity contribution in [1.29, 1.82) is 0 Å². The number of nitrogens with one attached hydrogen (secondary N) is 4. The first-order chi connectivity index (χ1) is 12.1. The van der Waals surface area contributed by atoms with Crippen LogP contribution in [0.3, 0.4) is 0 Å². The number of ether oxygens (including phenoxy) is 1. The number of H-pyrrole nitrogens is 1. The molecule has 0 aliphatic carbocycles. The molecule has 25 heavy (non-hydrogen) atoms. The number of methoxy groups -OCH3 is 1. The van der Waals surface area contributed by atoms with Crippen LogP contribution in [0.4, 0.5) is 5.82 Å². The number of anilines is 1. The van der Waals surface area contributed by atoms with Crippen LogP contribution in [0.1, 0.15) is 18.5 Å². The number of allylic oxidation sites excluding steroid dienone is 1. The molecule has 1 unspecified atom stereocenters. The predicted octanol–water partition coefficient (Wildman–Crippen LogP) is 1.94. The van der Waals surface area contributed by atoms with Crippen LogP contribution in [0.5, 0.6) is 5.75 Å². The van der Waals surface area contributed by atoms with Gasteiger partial charge in [-0.1, -0.05) is 18.2 Å². The summed E-state index contributed by atoms with van der Waals surface area (Å²) in [6.45, 7) is 1.84. The molecule has 0 saturated carbocycles. The second-order valence-corrected chi connectivity index (χ2v) is 5.98. The van der Waals surface area contributed by atoms with Crippen LogP contribution < -0.4 is 25.7 Å². The minimum atomic E-state index is -0.344. The Morgan fingerprint density at radius 1 is 1.24 bits per heavy atom. The minimum Gasteiger partial charge on any atom is -0.497 e. The van der Waals surface area contributed by atoms with Crippen LogP contribution in [-0.2, 0) is 4.79 Å². The number of aromatic amines is 1. The van der Waals surface area contributed by atoms with Gasteiger partial charge in [0.1, 0.15) is 5.75 Å². The summed E-state index contributed by atoms with van der Waals surface area (Å²) >= 11 is 5.26. The molecule has 2 aromatic rings. The highest BCUT2D eigenvalue weighted by atomic mass is 32.1. The van der Waals surface area contributed by atoms with Gasteiger partial charge in [0.25, 0.3) is 5.82 Å². The smallest absolute Gasteiger partial charge is 0.339 e. The van der Waals surface area contributed by atoms with Crippen molar-refractivity contribution in [2.45, 2.75) is 13.0 Å². The predicted molar refractivity (Wildman–Crippen MR) is 98.9 cm³/mol. The van der Waals surface area contributed by atoms with Gasteiger partial charge in [-0.2, -0.15) is 0 Å². The number of carbonyl (C=O) groups is 1. The van der Waals surface area contributed by atoms with E-state index in [4.69, 9.17) is 17.0 Å². The van der Waals surface area contributed by atoms with Crippen molar-refractivity contribution < 1.29 is 14.5 Å². The third-order valence-electron chi connectivity index (χ3n) is 3.92. The Labute approximate surface area is 151 Å². The number of hydrogen-bond acceptors (Lipinski definition) is 3. The van der Waals surface area contributed by atoms with E-state index < -0.39 is 0 Å². The highest BCUT2D eigenvalue weighted by Crippen LogP contribution is 2.28. The Kier molecular flexibility index (Phi) is 4.95. The maximum absolute atomic E-state index is 12.9. The molecule has 7 heteroatoms. The van der Waals surface area contributed by atoms with E-state index in [2.05, 4.69) is 20.9 Å². The van der Waals surface area contributed by atoms with Crippen LogP contribution in [-0.4, -0.2) is 18.1 Å². The van der Waals surface area contributed by atoms with E-state index in [0.717, 1.165) is 17.0 Å². The van der Waals surface area contributed by atoms with E-state index in [1.54, 1.807) is 19.4 Å². The van der Waals surface area contributed by atoms with Crippen LogP contribution in [0.2, 0.25) is 0 Å². The summed E-state index contributed by atoms with van der Waals surface area (Å²) in [7, 11) is 1.62. The fourth-order valence-corrected chi connectivity index (χ4v) is 2.97. The molecular formula is C18H19N4O2S+. The highest BCUT2D eigenvalue weighted by molar-refractivity contribution is 7.80. The quantitative estimate of drug-likeness (QED) is 0.731. The monoisotopic (exact) mass is 355 g/mol. The zero-order valence-electron chi connectivity index (χ0n) is 13.9. The highest BCUT2D eigenvalue weighted by Gasteiger charge is 2.32. The van der Waals surface area contributed by atoms with Gasteiger partial charge in [-0.3, -0.25) is 0 Å². The standard InChI is InChI=1S/C18H18N4O2S/c1-11-15(17(23)21-14-5-3-4-10-19-14)16(22-18(25)20-11)12-6-8-13(24-2)9-7-12/h3-10,16H,1-2H3,(H,19,21,23)(H2,20,22,25)/p+1. The zero-order chi connectivity index (χ0) is 17.8. The van der Waals surface area contributed by atoms with Gasteiger partial charge >= 0.3 is 5.91 Å². The number of benzene rings is 1. The Morgan fingerprint density at radius 3 is 2.64 bits per heavy atom. The first-order valence-electron chi connectivity index (χ1n) is 7.79. The molecule has 4 N–H and O–H groups in total. The molecule has 128 valence electrons. The van der Waals surface area contributed by atoms with Gasteiger partial charge in [-0.05, 0) is 42.9 Å². The molecule has 0 radical (unpaired) electrons. The molecular weight excluding hydrogens is 336 g/mol. The van der Waals surface area contributed by atoms with Crippen LogP contribution in [0.25, 0.3) is 0 Å². The maximum atomic E-state index is 12.9. The number of amides is 1. The van der Waals surface area contributed by atoms with E-state index >= 15 is 0 Å². The van der Waals surface area contributed by atoms with Crippen molar-refractivity contribution in [2.75, 3.05) is 12.4 Å². The summed E-state index contributed by atoms with van der Waals surface area (Å²) in [4.78, 5) is 15.8. The van der Waals surface area contributed by atoms with Gasteiger partial charge in [0.15, 0.2) is 5.11 Å². The first kappa shape index (κ1) is 16.9. The van der Waals surface area contributed by atoms with Crippen molar-refractivity contribution in [3.63, 3.8) is 0 Å². The Balaban J connectivity index is 1.93. The average Bonchev–Trinajstić information content (AvgIpc) is 2.62. The summed E-state index contributed by atoms with van der Waals surface area (Å²) < 4.78 is 5.20. The fourth-order valence-electron chi connectivity index (χ4n) is 2.70. The molecule has 0 bridgehead atoms. The van der Waals surface area contributed by atoms with Gasteiger partial charge in [0, 0.05) is 11.8 Å². The number of aromatic nitrogens is 1. The van der Waals surface area contributed by atoms with Crippen molar-refractivity contribution in [3.8, 4) is 5.75 Å². The molecule has 3 rings (SSSR count). The minimum absolute atomic E-state index is 0.205. The SMILES string of the molecule is COc1ccc(C2NC(=S)NC(C)=C2C(=O)Nc2cccc[nH+]2)cc1. The van der Waals surface area contributed by atoms with E-state index in [1.165, 1.54) is 0 Å². The molecule has 0 saturated heterocycles. The van der Waals surface area contributed by atoms with Gasteiger partial charge in [0.05, 0.1) is 24.9 Å². The first-order valence-corrected chi connectivity index (χ1v) is 8.19. The van der Waals surface area contributed by atoms with Gasteiger partial charge in [0.2, 0.25) is 0 Å². The lowest BCUT2D eigenvalue weighted by Crippen LogP contribution is -2.46. The second-order valence-electron chi connectivity index (χ2n) is 5.57. The van der Waals surface area contributed by atoms with E-state index in [-0.39, 0.29) is 11.9 Å². The van der Waals surface area contributed by atoms with Crippen LogP contribution in [0, 0.1) is 0 Å². The molecule has 1 aliphatic heterocycles. The lowest BCUT2D eigenvalue weighted by molar-refractivity contribution is -0.360. The Hall–Kier alpha value is -2.93. The molecule has 1 aliphatic rings. The van der Waals surface area contributed by atoms with E-state index in [9.17, 15) is 4.79 Å². The van der Waals surface area contributed by atoms with Crippen molar-refractivity contribution in [3.05, 3.63) is 65.5 Å². The van der Waals surface area contributed by atoms with Gasteiger partial charge in [-0.15, -0.1) is 0 Å². The lowest BCUT2D eigenvalue weighted by atomic mass is 9.95. The summed E-state index contributed by atoms with van der Waals surface area (Å²) in [5.74, 6) is 1.17. The Morgan fingerprint density at radius 2 is 2.00 bits per heavy atom. The summed E-state index contributed by atoms with van der Waals surface area (Å²) in [6, 6.07) is 12.7. The fraction of sp³-hybridized carbons (Fsp3) is 0.167. The summed E-state index contributed by atoms with van der Waals surface area (Å²) in [5.41, 5.74) is 2.22. The van der Waals surface area contributed by atoms with E-state index in [1.807, 2.05) is 43.3 Å². The summed E-state index contributed by atoms with van der Waals surface area (Å²) in [6.07, 6.45) is 1.75. The topological polar surface area (TPSA) is 76.5 Å². The average molecular weight is 355 g/mol. The zero-order valence-corrected chi connectivity index (χ0v) is 14.7. The third kappa shape index (κ3) is 3.77. The lowest BCUT2D eigenvalue weighted by Gasteiger charge is -2.29. The number of rotatable bonds is 4. The number of carbonyl (C=O) groups excluding carboxylic acids is 1. The maximum Gasteiger partial charge on any atom is 0.339 e. The molecule has 0 spiro atoms. The molecule has 2 heterocycles. The van der Waals surface area contributed by atoms with E-state index in [0.29, 0.717) is 16.5 Å². The van der Waals surface area contributed by atoms with Gasteiger partial charge < -0.3 is 15.4 Å². The third-order valence-corrected chi connectivity index (χ3v) is 4.14. The summed E-state index contributed by atoms with van der Waals surface area (Å²) in [5, 5.41) is 9.56. The normalized spacial score (nSPS) is 16.7. The molecule has 1 atom stereocenters. The van der Waals surface area contributed by atoms with Crippen molar-refractivity contribution >= 4 is 29.1 Å². The van der Waals surface area contributed by atoms with Crippen LogP contribution >= 0.6 is 12.2 Å². The Bertz CT molecular complexity index is 819. The molecule has 0 fully saturated rings. The number of thiocarbonyl (C=S) groups is 1. The largest absolute Gasteiger partial charge is 0.497 e. The molecule has 1 aromatic heterocycles. The van der Waals surface area contributed by atoms with Crippen molar-refractivity contribution in [2.24, 2.45) is 0 Å². The van der Waals surface area contributed by atoms with Crippen LogP contribution in [0.15, 0.2) is 59.9 Å². The van der Waals surface area contributed by atoms with Crippen molar-refractivity contribution in [1.82, 2.24) is 10.6 Å². The van der Waals surface area contributed by atoms with Gasteiger partial charge in [-0.25, -0.2) is 15.1 Å².